The van der Waals surface area contributed by atoms with Gasteiger partial charge in [-0.1, -0.05) is 61.2 Å². The molecule has 0 atom stereocenters. The molecule has 2 aliphatic rings. The lowest BCUT2D eigenvalue weighted by atomic mass is 10.0. The number of nitrogens with two attached hydrogens (primary N) is 1. The third-order valence-electron chi connectivity index (χ3n) is 6.52. The molecule has 0 saturated carbocycles. The van der Waals surface area contributed by atoms with Crippen LogP contribution in [-0.2, 0) is 6.54 Å². The summed E-state index contributed by atoms with van der Waals surface area (Å²) in [5, 5.41) is 0.967. The molecule has 6 nitrogen and oxygen atoms in total. The maximum atomic E-state index is 15.3. The second-order valence-electron chi connectivity index (χ2n) is 8.58. The first-order chi connectivity index (χ1) is 16.5. The largest absolute Gasteiger partial charge is 0.492 e. The van der Waals surface area contributed by atoms with Crippen molar-refractivity contribution in [1.29, 1.82) is 0 Å². The van der Waals surface area contributed by atoms with E-state index in [1.165, 1.54) is 13.2 Å². The van der Waals surface area contributed by atoms with E-state index in [4.69, 9.17) is 10.6 Å². The van der Waals surface area contributed by atoms with Crippen molar-refractivity contribution >= 4 is 23.1 Å². The van der Waals surface area contributed by atoms with Crippen molar-refractivity contribution in [3.63, 3.8) is 0 Å². The fraction of sp³-hybridized carbons (Fsp3) is 0.222. The predicted octanol–water partition coefficient (Wildman–Crippen LogP) is 5.39. The van der Waals surface area contributed by atoms with Gasteiger partial charge in [0.05, 0.1) is 25.0 Å². The molecular weight excluding hydrogens is 431 g/mol. The van der Waals surface area contributed by atoms with Gasteiger partial charge in [0.15, 0.2) is 11.6 Å². The highest BCUT2D eigenvalue weighted by atomic mass is 19.1. The van der Waals surface area contributed by atoms with Gasteiger partial charge < -0.3 is 9.64 Å². The number of ether oxygens (including phenoxy) is 1. The fourth-order valence-corrected chi connectivity index (χ4v) is 4.76. The summed E-state index contributed by atoms with van der Waals surface area (Å²) in [7, 11) is 1.50. The molecule has 0 radical (unpaired) electrons. The maximum absolute atomic E-state index is 15.3. The zero-order valence-electron chi connectivity index (χ0n) is 19.1. The first-order valence-electron chi connectivity index (χ1n) is 11.3. The summed E-state index contributed by atoms with van der Waals surface area (Å²) in [4.78, 5) is 16.8. The molecule has 0 bridgehead atoms. The first-order valence-corrected chi connectivity index (χ1v) is 11.3. The second kappa shape index (κ2) is 8.83. The van der Waals surface area contributed by atoms with E-state index >= 15 is 4.39 Å². The molecule has 3 aromatic rings. The highest BCUT2D eigenvalue weighted by Crippen LogP contribution is 2.48. The molecule has 2 amide bonds. The maximum Gasteiger partial charge on any atom is 0.343 e. The van der Waals surface area contributed by atoms with Crippen molar-refractivity contribution in [3.8, 4) is 16.9 Å². The van der Waals surface area contributed by atoms with Crippen LogP contribution >= 0.6 is 0 Å². The molecule has 2 aliphatic heterocycles. The molecule has 34 heavy (non-hydrogen) atoms. The predicted molar refractivity (Wildman–Crippen MR) is 133 cm³/mol. The van der Waals surface area contributed by atoms with Gasteiger partial charge in [0.2, 0.25) is 0 Å². The SMILES string of the molecule is C=C1c2cc(F)c(N3CCCC3)c(OC)c2N(Cc2ccc(-c3ccccc3)cc2)C(=O)N1N. The van der Waals surface area contributed by atoms with E-state index in [0.29, 0.717) is 22.7 Å². The zero-order valence-corrected chi connectivity index (χ0v) is 19.1. The van der Waals surface area contributed by atoms with Gasteiger partial charge >= 0.3 is 6.03 Å². The number of hydrogen-bond acceptors (Lipinski definition) is 4. The molecule has 5 rings (SSSR count). The van der Waals surface area contributed by atoms with Crippen molar-refractivity contribution < 1.29 is 13.9 Å². The van der Waals surface area contributed by atoms with Crippen LogP contribution in [0.2, 0.25) is 0 Å². The molecule has 174 valence electrons. The van der Waals surface area contributed by atoms with E-state index in [0.717, 1.165) is 47.6 Å². The lowest BCUT2D eigenvalue weighted by Crippen LogP contribution is -2.49. The Morgan fingerprint density at radius 3 is 2.29 bits per heavy atom. The van der Waals surface area contributed by atoms with E-state index in [-0.39, 0.29) is 12.2 Å². The Balaban J connectivity index is 1.57. The van der Waals surface area contributed by atoms with E-state index < -0.39 is 11.8 Å². The standard InChI is InChI=1S/C27H27FN4O2/c1-18-22-16-23(28)25(30-14-6-7-15-30)26(34-2)24(22)31(27(33)32(18)29)17-19-10-12-21(13-11-19)20-8-4-3-5-9-20/h3-5,8-13,16H,1,6-7,14-15,17,29H2,2H3. The number of carbonyl (C=O) groups is 1. The number of carbonyl (C=O) groups excluding carboxylic acids is 1. The summed E-state index contributed by atoms with van der Waals surface area (Å²) < 4.78 is 21.0. The molecule has 0 spiro atoms. The number of rotatable bonds is 5. The van der Waals surface area contributed by atoms with Gasteiger partial charge in [0.25, 0.3) is 0 Å². The van der Waals surface area contributed by atoms with E-state index in [1.807, 2.05) is 47.4 Å². The van der Waals surface area contributed by atoms with Crippen LogP contribution in [0.1, 0.15) is 24.0 Å². The normalized spacial score (nSPS) is 15.7. The van der Waals surface area contributed by atoms with Gasteiger partial charge in [-0.2, -0.15) is 0 Å². The van der Waals surface area contributed by atoms with Crippen LogP contribution in [0.3, 0.4) is 0 Å². The van der Waals surface area contributed by atoms with Crippen molar-refractivity contribution in [1.82, 2.24) is 5.01 Å². The Morgan fingerprint density at radius 2 is 1.65 bits per heavy atom. The number of hydrogen-bond donors (Lipinski definition) is 1. The Hall–Kier alpha value is -3.84. The number of halogens is 1. The van der Waals surface area contributed by atoms with Crippen LogP contribution < -0.4 is 20.4 Å². The minimum Gasteiger partial charge on any atom is -0.492 e. The summed E-state index contributed by atoms with van der Waals surface area (Å²) in [6.45, 7) is 5.67. The molecule has 2 heterocycles. The number of hydrazine groups is 1. The van der Waals surface area contributed by atoms with Crippen LogP contribution in [0.15, 0.2) is 67.2 Å². The quantitative estimate of drug-likeness (QED) is 0.411. The third kappa shape index (κ3) is 3.68. The van der Waals surface area contributed by atoms with Crippen LogP contribution in [-0.4, -0.2) is 31.2 Å². The van der Waals surface area contributed by atoms with Crippen LogP contribution in [0, 0.1) is 5.82 Å². The Labute approximate surface area is 198 Å². The van der Waals surface area contributed by atoms with Crippen LogP contribution in [0.4, 0.5) is 20.6 Å². The summed E-state index contributed by atoms with van der Waals surface area (Å²) in [6, 6.07) is 19.1. The average Bonchev–Trinajstić information content (AvgIpc) is 3.40. The molecule has 0 aliphatic carbocycles. The number of benzene rings is 3. The average molecular weight is 459 g/mol. The molecular formula is C27H27FN4O2. The lowest BCUT2D eigenvalue weighted by molar-refractivity contribution is 0.223. The minimum absolute atomic E-state index is 0.237. The summed E-state index contributed by atoms with van der Waals surface area (Å²) >= 11 is 0. The molecule has 7 heteroatoms. The van der Waals surface area contributed by atoms with Gasteiger partial charge in [-0.25, -0.2) is 20.0 Å². The van der Waals surface area contributed by atoms with Crippen LogP contribution in [0.5, 0.6) is 5.75 Å². The zero-order chi connectivity index (χ0) is 23.8. The fourth-order valence-electron chi connectivity index (χ4n) is 4.76. The van der Waals surface area contributed by atoms with E-state index in [9.17, 15) is 4.79 Å². The number of amides is 2. The number of methoxy groups -OCH3 is 1. The first kappa shape index (κ1) is 22.0. The molecule has 0 aromatic heterocycles. The number of fused-ring (bicyclic) bond motifs is 1. The van der Waals surface area contributed by atoms with Gasteiger partial charge in [0.1, 0.15) is 5.69 Å². The minimum atomic E-state index is -0.443. The molecule has 1 saturated heterocycles. The molecule has 3 aromatic carbocycles. The van der Waals surface area contributed by atoms with Crippen molar-refractivity contribution in [2.24, 2.45) is 5.84 Å². The van der Waals surface area contributed by atoms with E-state index in [2.05, 4.69) is 18.7 Å². The summed E-state index contributed by atoms with van der Waals surface area (Å²) in [6.07, 6.45) is 1.97. The van der Waals surface area contributed by atoms with Crippen molar-refractivity contribution in [3.05, 3.63) is 84.2 Å². The van der Waals surface area contributed by atoms with Gasteiger partial charge in [-0.15, -0.1) is 0 Å². The topological polar surface area (TPSA) is 62.0 Å². The van der Waals surface area contributed by atoms with Gasteiger partial charge in [-0.05, 0) is 35.6 Å². The lowest BCUT2D eigenvalue weighted by Gasteiger charge is -2.38. The van der Waals surface area contributed by atoms with Crippen molar-refractivity contribution in [2.75, 3.05) is 30.0 Å². The Kier molecular flexibility index (Phi) is 5.71. The number of urea groups is 1. The monoisotopic (exact) mass is 458 g/mol. The second-order valence-corrected chi connectivity index (χ2v) is 8.58. The van der Waals surface area contributed by atoms with Crippen molar-refractivity contribution in [2.45, 2.75) is 19.4 Å². The Morgan fingerprint density at radius 1 is 1.00 bits per heavy atom. The smallest absolute Gasteiger partial charge is 0.343 e. The third-order valence-corrected chi connectivity index (χ3v) is 6.52. The van der Waals surface area contributed by atoms with Gasteiger partial charge in [0, 0.05) is 18.7 Å². The molecule has 1 fully saturated rings. The summed E-state index contributed by atoms with van der Waals surface area (Å²) in [5.74, 6) is 5.98. The number of nitrogens with zero attached hydrogens (tertiary/aromatic N) is 3. The Bertz CT molecular complexity index is 1240. The van der Waals surface area contributed by atoms with Crippen LogP contribution in [0.25, 0.3) is 16.8 Å². The van der Waals surface area contributed by atoms with E-state index in [1.54, 1.807) is 4.90 Å². The van der Waals surface area contributed by atoms with Gasteiger partial charge in [-0.3, -0.25) is 4.90 Å². The molecule has 2 N–H and O–H groups in total. The molecule has 0 unspecified atom stereocenters. The number of anilines is 2. The summed E-state index contributed by atoms with van der Waals surface area (Å²) in [5.41, 5.74) is 4.67. The highest BCUT2D eigenvalue weighted by Gasteiger charge is 2.38. The highest BCUT2D eigenvalue weighted by molar-refractivity contribution is 6.06.